The first-order chi connectivity index (χ1) is 12.0. The van der Waals surface area contributed by atoms with E-state index in [2.05, 4.69) is 22.5 Å². The van der Waals surface area contributed by atoms with Crippen molar-refractivity contribution in [2.45, 2.75) is 25.5 Å². The third kappa shape index (κ3) is 3.85. The molecule has 3 atom stereocenters. The highest BCUT2D eigenvalue weighted by Gasteiger charge is 2.34. The molecular weight excluding hydrogens is 318 g/mol. The minimum atomic E-state index is -1.02. The van der Waals surface area contributed by atoms with Crippen molar-refractivity contribution in [1.29, 1.82) is 0 Å². The number of aliphatic hydroxyl groups is 1. The first-order valence-corrected chi connectivity index (χ1v) is 8.27. The molecule has 1 aromatic carbocycles. The van der Waals surface area contributed by atoms with Gasteiger partial charge in [-0.2, -0.15) is 0 Å². The minimum Gasteiger partial charge on any atom is -0.382 e. The van der Waals surface area contributed by atoms with Crippen LogP contribution in [0.4, 0.5) is 0 Å². The van der Waals surface area contributed by atoms with Crippen molar-refractivity contribution >= 4 is 11.8 Å². The zero-order chi connectivity index (χ0) is 18.0. The fraction of sp³-hybridized carbons (Fsp3) is 0.316. The molecule has 0 unspecified atom stereocenters. The van der Waals surface area contributed by atoms with Crippen molar-refractivity contribution in [3.8, 4) is 0 Å². The smallest absolute Gasteiger partial charge is 0.269 e. The summed E-state index contributed by atoms with van der Waals surface area (Å²) in [5.74, 6) is -0.196. The van der Waals surface area contributed by atoms with Gasteiger partial charge in [-0.1, -0.05) is 37.3 Å². The summed E-state index contributed by atoms with van der Waals surface area (Å²) in [5.41, 5.74) is 1.33. The van der Waals surface area contributed by atoms with Crippen LogP contribution in [0.15, 0.2) is 42.5 Å². The van der Waals surface area contributed by atoms with Crippen LogP contribution in [0.25, 0.3) is 0 Å². The van der Waals surface area contributed by atoms with Crippen LogP contribution in [0.3, 0.4) is 0 Å². The summed E-state index contributed by atoms with van der Waals surface area (Å²) in [6.07, 6.45) is -0.0595. The number of benzene rings is 1. The number of carbonyl (C=O) groups excluding carboxylic acids is 2. The summed E-state index contributed by atoms with van der Waals surface area (Å²) >= 11 is 0. The molecule has 1 heterocycles. The Morgan fingerprint density at radius 3 is 2.48 bits per heavy atom. The highest BCUT2D eigenvalue weighted by molar-refractivity contribution is 5.98. The van der Waals surface area contributed by atoms with E-state index in [9.17, 15) is 14.7 Å². The Kier molecular flexibility index (Phi) is 4.81. The first-order valence-electron chi connectivity index (χ1n) is 8.27. The zero-order valence-corrected chi connectivity index (χ0v) is 14.2. The van der Waals surface area contributed by atoms with Crippen LogP contribution in [0.1, 0.15) is 51.6 Å². The molecule has 0 saturated heterocycles. The number of rotatable bonds is 5. The van der Waals surface area contributed by atoms with Crippen molar-refractivity contribution in [2.75, 3.05) is 7.05 Å². The van der Waals surface area contributed by atoms with Gasteiger partial charge in [0, 0.05) is 18.7 Å². The molecule has 1 aliphatic rings. The van der Waals surface area contributed by atoms with Crippen LogP contribution < -0.4 is 10.6 Å². The van der Waals surface area contributed by atoms with Gasteiger partial charge in [-0.15, -0.1) is 0 Å². The summed E-state index contributed by atoms with van der Waals surface area (Å²) in [5, 5.41) is 16.0. The quantitative estimate of drug-likeness (QED) is 0.773. The number of nitrogens with zero attached hydrogens (tertiary/aromatic N) is 1. The number of aliphatic hydroxyl groups excluding tert-OH is 1. The molecule has 3 rings (SSSR count). The van der Waals surface area contributed by atoms with Crippen LogP contribution in [0, 0.1) is 5.92 Å². The zero-order valence-electron chi connectivity index (χ0n) is 14.2. The van der Waals surface area contributed by atoms with Gasteiger partial charge in [-0.25, -0.2) is 4.98 Å². The third-order valence-electron chi connectivity index (χ3n) is 4.39. The number of pyridine rings is 1. The lowest BCUT2D eigenvalue weighted by Gasteiger charge is -2.14. The topological polar surface area (TPSA) is 91.3 Å². The van der Waals surface area contributed by atoms with Gasteiger partial charge in [0.15, 0.2) is 0 Å². The van der Waals surface area contributed by atoms with Gasteiger partial charge in [0.25, 0.3) is 11.8 Å². The van der Waals surface area contributed by atoms with E-state index < -0.39 is 12.0 Å². The minimum absolute atomic E-state index is 0.101. The fourth-order valence-electron chi connectivity index (χ4n) is 2.65. The van der Waals surface area contributed by atoms with E-state index >= 15 is 0 Å². The lowest BCUT2D eigenvalue weighted by Crippen LogP contribution is -2.28. The van der Waals surface area contributed by atoms with E-state index in [1.165, 1.54) is 19.2 Å². The number of amides is 2. The lowest BCUT2D eigenvalue weighted by atomic mass is 10.0. The Labute approximate surface area is 146 Å². The van der Waals surface area contributed by atoms with Crippen molar-refractivity contribution < 1.29 is 14.7 Å². The SMILES string of the molecule is CNC(=O)c1cc(C(=O)N[C@H]2C[C@@H]2C)cc([C@H](O)c2ccccc2)n1. The summed E-state index contributed by atoms with van der Waals surface area (Å²) in [6, 6.07) is 12.2. The molecule has 0 radical (unpaired) electrons. The molecule has 0 spiro atoms. The van der Waals surface area contributed by atoms with Crippen molar-refractivity contribution in [3.63, 3.8) is 0 Å². The molecule has 1 saturated carbocycles. The Morgan fingerprint density at radius 1 is 1.20 bits per heavy atom. The number of nitrogens with one attached hydrogen (secondary N) is 2. The van der Waals surface area contributed by atoms with Gasteiger partial charge in [-0.3, -0.25) is 9.59 Å². The van der Waals surface area contributed by atoms with E-state index in [1.807, 2.05) is 18.2 Å². The van der Waals surface area contributed by atoms with Crippen LogP contribution in [0.2, 0.25) is 0 Å². The van der Waals surface area contributed by atoms with Crippen molar-refractivity contribution in [2.24, 2.45) is 5.92 Å². The van der Waals surface area contributed by atoms with Gasteiger partial charge in [0.2, 0.25) is 0 Å². The largest absolute Gasteiger partial charge is 0.382 e. The molecule has 0 bridgehead atoms. The number of hydrogen-bond acceptors (Lipinski definition) is 4. The van der Waals surface area contributed by atoms with E-state index in [-0.39, 0.29) is 23.3 Å². The Balaban J connectivity index is 1.95. The molecule has 3 N–H and O–H groups in total. The van der Waals surface area contributed by atoms with E-state index in [1.54, 1.807) is 12.1 Å². The van der Waals surface area contributed by atoms with Crippen LogP contribution in [-0.4, -0.2) is 35.0 Å². The van der Waals surface area contributed by atoms with E-state index in [0.717, 1.165) is 6.42 Å². The highest BCUT2D eigenvalue weighted by atomic mass is 16.3. The number of carbonyl (C=O) groups is 2. The lowest BCUT2D eigenvalue weighted by molar-refractivity contribution is 0.0949. The maximum atomic E-state index is 12.5. The maximum absolute atomic E-state index is 12.5. The predicted molar refractivity (Wildman–Crippen MR) is 93.2 cm³/mol. The third-order valence-corrected chi connectivity index (χ3v) is 4.39. The second-order valence-electron chi connectivity index (χ2n) is 6.35. The molecule has 6 heteroatoms. The van der Waals surface area contributed by atoms with Gasteiger partial charge in [0.1, 0.15) is 11.8 Å². The number of hydrogen-bond donors (Lipinski definition) is 3. The Hall–Kier alpha value is -2.73. The average molecular weight is 339 g/mol. The van der Waals surface area contributed by atoms with Gasteiger partial charge in [-0.05, 0) is 30.0 Å². The second kappa shape index (κ2) is 7.03. The molecule has 25 heavy (non-hydrogen) atoms. The predicted octanol–water partition coefficient (Wildman–Crippen LogP) is 1.66. The average Bonchev–Trinajstić information content (AvgIpc) is 3.35. The molecule has 1 fully saturated rings. The van der Waals surface area contributed by atoms with Gasteiger partial charge < -0.3 is 15.7 Å². The maximum Gasteiger partial charge on any atom is 0.269 e. The standard InChI is InChI=1S/C19H21N3O3/c1-11-8-14(11)22-18(24)13-9-15(21-16(10-13)19(25)20-2)17(23)12-6-4-3-5-7-12/h3-7,9-11,14,17,23H,8H2,1-2H3,(H,20,25)(H,22,24)/t11-,14-,17+/m0/s1. The molecule has 130 valence electrons. The van der Waals surface area contributed by atoms with Crippen molar-refractivity contribution in [3.05, 3.63) is 65.0 Å². The van der Waals surface area contributed by atoms with E-state index in [0.29, 0.717) is 17.0 Å². The summed E-state index contributed by atoms with van der Waals surface area (Å²) in [7, 11) is 1.50. The molecular formula is C19H21N3O3. The monoisotopic (exact) mass is 339 g/mol. The van der Waals surface area contributed by atoms with Crippen molar-refractivity contribution in [1.82, 2.24) is 15.6 Å². The molecule has 2 amide bonds. The summed E-state index contributed by atoms with van der Waals surface area (Å²) in [4.78, 5) is 28.7. The van der Waals surface area contributed by atoms with Crippen LogP contribution >= 0.6 is 0 Å². The number of aromatic nitrogens is 1. The van der Waals surface area contributed by atoms with Gasteiger partial charge in [0.05, 0.1) is 5.69 Å². The summed E-state index contributed by atoms with van der Waals surface area (Å²) < 4.78 is 0. The van der Waals surface area contributed by atoms with Crippen LogP contribution in [-0.2, 0) is 0 Å². The Bertz CT molecular complexity index is 792. The normalized spacial score (nSPS) is 19.8. The molecule has 1 aromatic heterocycles. The van der Waals surface area contributed by atoms with E-state index in [4.69, 9.17) is 0 Å². The van der Waals surface area contributed by atoms with Gasteiger partial charge >= 0.3 is 0 Å². The fourth-order valence-corrected chi connectivity index (χ4v) is 2.65. The second-order valence-corrected chi connectivity index (χ2v) is 6.35. The Morgan fingerprint density at radius 2 is 1.88 bits per heavy atom. The molecule has 2 aromatic rings. The molecule has 6 nitrogen and oxygen atoms in total. The molecule has 0 aliphatic heterocycles. The van der Waals surface area contributed by atoms with Crippen LogP contribution in [0.5, 0.6) is 0 Å². The summed E-state index contributed by atoms with van der Waals surface area (Å²) in [6.45, 7) is 2.07. The highest BCUT2D eigenvalue weighted by Crippen LogP contribution is 2.29. The molecule has 1 aliphatic carbocycles. The first kappa shape index (κ1) is 17.1.